The van der Waals surface area contributed by atoms with Crippen molar-refractivity contribution in [2.75, 3.05) is 5.75 Å². The number of hydrogen-bond acceptors (Lipinski definition) is 5. The molecule has 0 aliphatic rings. The molecule has 0 fully saturated rings. The zero-order chi connectivity index (χ0) is 19.9. The summed E-state index contributed by atoms with van der Waals surface area (Å²) < 4.78 is 0. The smallest absolute Gasteiger partial charge is 0.269 e. The van der Waals surface area contributed by atoms with Gasteiger partial charge in [-0.15, -0.1) is 0 Å². The van der Waals surface area contributed by atoms with Crippen molar-refractivity contribution in [1.82, 2.24) is 10.9 Å². The van der Waals surface area contributed by atoms with Crippen LogP contribution in [-0.2, 0) is 10.2 Å². The Balaban J connectivity index is 2.49. The maximum atomic E-state index is 12.1. The van der Waals surface area contributed by atoms with Gasteiger partial charge in [0, 0.05) is 11.6 Å². The van der Waals surface area contributed by atoms with Crippen LogP contribution in [0.2, 0.25) is 0 Å². The molecule has 0 aromatic heterocycles. The number of hydrogen-bond donors (Lipinski definition) is 4. The van der Waals surface area contributed by atoms with E-state index in [4.69, 9.17) is 5.73 Å². The molecule has 1 aromatic carbocycles. The molecule has 0 aliphatic heterocycles. The van der Waals surface area contributed by atoms with Crippen molar-refractivity contribution in [3.8, 4) is 0 Å². The van der Waals surface area contributed by atoms with Crippen LogP contribution in [0.1, 0.15) is 57.0 Å². The van der Waals surface area contributed by atoms with Gasteiger partial charge in [-0.25, -0.2) is 0 Å². The van der Waals surface area contributed by atoms with Gasteiger partial charge >= 0.3 is 0 Å². The molecule has 1 rings (SSSR count). The van der Waals surface area contributed by atoms with E-state index in [9.17, 15) is 14.7 Å². The van der Waals surface area contributed by atoms with E-state index >= 15 is 0 Å². The van der Waals surface area contributed by atoms with E-state index < -0.39 is 24.0 Å². The van der Waals surface area contributed by atoms with E-state index in [0.29, 0.717) is 17.2 Å². The van der Waals surface area contributed by atoms with Gasteiger partial charge in [0.2, 0.25) is 0 Å². The van der Waals surface area contributed by atoms with Crippen molar-refractivity contribution in [1.29, 1.82) is 0 Å². The van der Waals surface area contributed by atoms with Crippen LogP contribution in [0.25, 0.3) is 0 Å². The molecule has 0 heterocycles. The Morgan fingerprint density at radius 3 is 2.23 bits per heavy atom. The summed E-state index contributed by atoms with van der Waals surface area (Å²) in [6.45, 7) is 10.4. The molecule has 6 nitrogen and oxygen atoms in total. The molecule has 1 aromatic rings. The molecule has 0 radical (unpaired) electrons. The molecule has 0 bridgehead atoms. The van der Waals surface area contributed by atoms with Gasteiger partial charge in [0.15, 0.2) is 0 Å². The fourth-order valence-electron chi connectivity index (χ4n) is 2.18. The minimum Gasteiger partial charge on any atom is -0.382 e. The molecule has 0 saturated carbocycles. The SMILES string of the molecule is CC(C)SCC[C@@H](N)C(O)C(=O)NNC(=O)c1ccc(C(C)(C)C)cc1. The standard InChI is InChI=1S/C19H31N3O3S/c1-12(2)26-11-10-15(20)16(23)18(25)22-21-17(24)13-6-8-14(9-7-13)19(3,4)5/h6-9,12,15-16,23H,10-11,20H2,1-5H3,(H,21,24)(H,22,25)/t15-,16?/m1/s1. The van der Waals surface area contributed by atoms with Crippen LogP contribution in [0.15, 0.2) is 24.3 Å². The van der Waals surface area contributed by atoms with Gasteiger partial charge in [0.05, 0.1) is 0 Å². The summed E-state index contributed by atoms with van der Waals surface area (Å²) in [6.07, 6.45) is -0.856. The Morgan fingerprint density at radius 2 is 1.73 bits per heavy atom. The van der Waals surface area contributed by atoms with Crippen LogP contribution in [-0.4, -0.2) is 40.1 Å². The summed E-state index contributed by atoms with van der Waals surface area (Å²) in [6, 6.07) is 6.49. The molecule has 0 aliphatic carbocycles. The Kier molecular flexibility index (Phi) is 8.59. The minimum absolute atomic E-state index is 0.00265. The molecule has 2 atom stereocenters. The minimum atomic E-state index is -1.37. The van der Waals surface area contributed by atoms with Gasteiger partial charge in [-0.05, 0) is 40.5 Å². The molecule has 1 unspecified atom stereocenters. The Hall–Kier alpha value is -1.57. The summed E-state index contributed by atoms with van der Waals surface area (Å²) in [5, 5.41) is 10.4. The highest BCUT2D eigenvalue weighted by molar-refractivity contribution is 7.99. The number of nitrogens with two attached hydrogens (primary N) is 1. The molecular formula is C19H31N3O3S. The monoisotopic (exact) mass is 381 g/mol. The number of amides is 2. The van der Waals surface area contributed by atoms with Gasteiger partial charge < -0.3 is 10.8 Å². The molecule has 5 N–H and O–H groups in total. The Morgan fingerprint density at radius 1 is 1.15 bits per heavy atom. The number of benzene rings is 1. The van der Waals surface area contributed by atoms with Gasteiger partial charge in [-0.3, -0.25) is 20.4 Å². The van der Waals surface area contributed by atoms with Crippen LogP contribution < -0.4 is 16.6 Å². The first-order valence-electron chi connectivity index (χ1n) is 8.78. The van der Waals surface area contributed by atoms with Crippen LogP contribution in [0.5, 0.6) is 0 Å². The second kappa shape index (κ2) is 9.94. The number of hydrazine groups is 1. The van der Waals surface area contributed by atoms with Crippen molar-refractivity contribution in [2.45, 2.75) is 63.9 Å². The fraction of sp³-hybridized carbons (Fsp3) is 0.579. The Bertz CT molecular complexity index is 597. The second-order valence-electron chi connectivity index (χ2n) is 7.59. The highest BCUT2D eigenvalue weighted by atomic mass is 32.2. The first kappa shape index (κ1) is 22.5. The molecular weight excluding hydrogens is 350 g/mol. The predicted molar refractivity (Wildman–Crippen MR) is 107 cm³/mol. The van der Waals surface area contributed by atoms with Crippen LogP contribution in [0.3, 0.4) is 0 Å². The number of rotatable bonds is 7. The van der Waals surface area contributed by atoms with Crippen molar-refractivity contribution in [3.63, 3.8) is 0 Å². The lowest BCUT2D eigenvalue weighted by Gasteiger charge is -2.20. The highest BCUT2D eigenvalue weighted by Crippen LogP contribution is 2.22. The van der Waals surface area contributed by atoms with Crippen LogP contribution in [0.4, 0.5) is 0 Å². The maximum Gasteiger partial charge on any atom is 0.269 e. The van der Waals surface area contributed by atoms with Crippen molar-refractivity contribution in [3.05, 3.63) is 35.4 Å². The lowest BCUT2D eigenvalue weighted by Crippen LogP contribution is -2.52. The third-order valence-electron chi connectivity index (χ3n) is 3.89. The van der Waals surface area contributed by atoms with Gasteiger partial charge in [0.1, 0.15) is 6.10 Å². The number of thioether (sulfide) groups is 1. The van der Waals surface area contributed by atoms with E-state index in [0.717, 1.165) is 11.3 Å². The topological polar surface area (TPSA) is 104 Å². The zero-order valence-electron chi connectivity index (χ0n) is 16.2. The second-order valence-corrected chi connectivity index (χ2v) is 9.27. The lowest BCUT2D eigenvalue weighted by molar-refractivity contribution is -0.131. The first-order valence-corrected chi connectivity index (χ1v) is 9.83. The largest absolute Gasteiger partial charge is 0.382 e. The summed E-state index contributed by atoms with van der Waals surface area (Å²) in [5.41, 5.74) is 11.9. The zero-order valence-corrected chi connectivity index (χ0v) is 17.0. The maximum absolute atomic E-state index is 12.1. The van der Waals surface area contributed by atoms with Crippen LogP contribution in [0, 0.1) is 0 Å². The molecule has 2 amide bonds. The van der Waals surface area contributed by atoms with Crippen molar-refractivity contribution in [2.24, 2.45) is 5.73 Å². The molecule has 0 spiro atoms. The third-order valence-corrected chi connectivity index (χ3v) is 5.03. The van der Waals surface area contributed by atoms with Gasteiger partial charge in [-0.1, -0.05) is 46.8 Å². The summed E-state index contributed by atoms with van der Waals surface area (Å²) in [5.74, 6) is -0.406. The van der Waals surface area contributed by atoms with Gasteiger partial charge in [-0.2, -0.15) is 11.8 Å². The van der Waals surface area contributed by atoms with E-state index in [1.54, 1.807) is 23.9 Å². The number of aliphatic hydroxyl groups excluding tert-OH is 1. The van der Waals surface area contributed by atoms with Crippen molar-refractivity contribution < 1.29 is 14.7 Å². The molecule has 0 saturated heterocycles. The number of carbonyl (C=O) groups excluding carboxylic acids is 2. The molecule has 7 heteroatoms. The number of carbonyl (C=O) groups is 2. The average Bonchev–Trinajstić information content (AvgIpc) is 2.57. The van der Waals surface area contributed by atoms with E-state index in [1.165, 1.54) is 0 Å². The third kappa shape index (κ3) is 7.35. The Labute approximate surface area is 160 Å². The highest BCUT2D eigenvalue weighted by Gasteiger charge is 2.23. The summed E-state index contributed by atoms with van der Waals surface area (Å²) in [4.78, 5) is 24.0. The molecule has 146 valence electrons. The average molecular weight is 382 g/mol. The normalized spacial score (nSPS) is 14.0. The summed E-state index contributed by atoms with van der Waals surface area (Å²) >= 11 is 1.71. The molecule has 26 heavy (non-hydrogen) atoms. The van der Waals surface area contributed by atoms with E-state index in [-0.39, 0.29) is 5.41 Å². The predicted octanol–water partition coefficient (Wildman–Crippen LogP) is 1.97. The van der Waals surface area contributed by atoms with Crippen molar-refractivity contribution >= 4 is 23.6 Å². The first-order chi connectivity index (χ1) is 12.0. The lowest BCUT2D eigenvalue weighted by atomic mass is 9.87. The quantitative estimate of drug-likeness (QED) is 0.541. The van der Waals surface area contributed by atoms with Crippen LogP contribution >= 0.6 is 11.8 Å². The fourth-order valence-corrected chi connectivity index (χ4v) is 3.06. The van der Waals surface area contributed by atoms with Gasteiger partial charge in [0.25, 0.3) is 11.8 Å². The summed E-state index contributed by atoms with van der Waals surface area (Å²) in [7, 11) is 0. The number of aliphatic hydroxyl groups is 1. The van der Waals surface area contributed by atoms with E-state index in [1.807, 2.05) is 12.1 Å². The number of nitrogens with one attached hydrogen (secondary N) is 2. The van der Waals surface area contributed by atoms with E-state index in [2.05, 4.69) is 45.5 Å².